The number of ether oxygens (including phenoxy) is 2. The fraction of sp³-hybridized carbons (Fsp3) is 0.476. The van der Waals surface area contributed by atoms with Crippen molar-refractivity contribution in [1.29, 1.82) is 0 Å². The van der Waals surface area contributed by atoms with Crippen LogP contribution in [0.1, 0.15) is 53.8 Å². The standard InChI is InChI=1S/C21H26N2O7/c1-4-13(2)18(21(28)29-3)22-16(24)12-30-17(25)10-7-11-23-19(26)14-8-5-6-9-15(14)20(23)27/h5-6,8-9,13,18H,4,7,10-12H2,1-3H3,(H,22,24)/t13-,18-/m1/s1. The van der Waals surface area contributed by atoms with Gasteiger partial charge < -0.3 is 14.8 Å². The Morgan fingerprint density at radius 1 is 1.10 bits per heavy atom. The number of fused-ring (bicyclic) bond motifs is 1. The summed E-state index contributed by atoms with van der Waals surface area (Å²) < 4.78 is 9.60. The maximum atomic E-state index is 12.3. The molecule has 0 aliphatic carbocycles. The van der Waals surface area contributed by atoms with Gasteiger partial charge in [0.1, 0.15) is 6.04 Å². The fourth-order valence-electron chi connectivity index (χ4n) is 3.05. The quantitative estimate of drug-likeness (QED) is 0.449. The fourth-order valence-corrected chi connectivity index (χ4v) is 3.05. The minimum Gasteiger partial charge on any atom is -0.467 e. The highest BCUT2D eigenvalue weighted by Gasteiger charge is 2.34. The van der Waals surface area contributed by atoms with E-state index in [1.807, 2.05) is 6.92 Å². The third-order valence-corrected chi connectivity index (χ3v) is 4.99. The number of hydrogen-bond donors (Lipinski definition) is 1. The van der Waals surface area contributed by atoms with Gasteiger partial charge in [-0.25, -0.2) is 4.79 Å². The SMILES string of the molecule is CC[C@@H](C)[C@@H](NC(=O)COC(=O)CCCN1C(=O)c2ccccc2C1=O)C(=O)OC. The summed E-state index contributed by atoms with van der Waals surface area (Å²) in [5, 5.41) is 2.51. The number of nitrogens with one attached hydrogen (secondary N) is 1. The van der Waals surface area contributed by atoms with Crippen LogP contribution in [0.25, 0.3) is 0 Å². The molecule has 9 nitrogen and oxygen atoms in total. The minimum atomic E-state index is -0.819. The second-order valence-electron chi connectivity index (χ2n) is 7.03. The van der Waals surface area contributed by atoms with Crippen molar-refractivity contribution >= 4 is 29.7 Å². The van der Waals surface area contributed by atoms with Crippen LogP contribution in [0.2, 0.25) is 0 Å². The lowest BCUT2D eigenvalue weighted by Gasteiger charge is -2.21. The summed E-state index contributed by atoms with van der Waals surface area (Å²) in [4.78, 5) is 61.3. The number of carbonyl (C=O) groups is 5. The van der Waals surface area contributed by atoms with E-state index >= 15 is 0 Å². The molecule has 1 aliphatic rings. The number of imide groups is 1. The van der Waals surface area contributed by atoms with E-state index in [9.17, 15) is 24.0 Å². The van der Waals surface area contributed by atoms with Gasteiger partial charge >= 0.3 is 11.9 Å². The Labute approximate surface area is 174 Å². The molecule has 1 N–H and O–H groups in total. The predicted molar refractivity (Wildman–Crippen MR) is 105 cm³/mol. The first-order chi connectivity index (χ1) is 14.3. The van der Waals surface area contributed by atoms with Crippen LogP contribution in [-0.2, 0) is 23.9 Å². The van der Waals surface area contributed by atoms with E-state index in [4.69, 9.17) is 4.74 Å². The molecule has 1 aliphatic heterocycles. The third-order valence-electron chi connectivity index (χ3n) is 4.99. The largest absolute Gasteiger partial charge is 0.467 e. The molecule has 0 fully saturated rings. The Morgan fingerprint density at radius 2 is 1.70 bits per heavy atom. The number of amides is 3. The van der Waals surface area contributed by atoms with Crippen LogP contribution in [0.15, 0.2) is 24.3 Å². The minimum absolute atomic E-state index is 0.0630. The topological polar surface area (TPSA) is 119 Å². The van der Waals surface area contributed by atoms with Gasteiger partial charge in [-0.2, -0.15) is 0 Å². The first kappa shape index (κ1) is 23.1. The van der Waals surface area contributed by atoms with Gasteiger partial charge in [-0.3, -0.25) is 24.1 Å². The van der Waals surface area contributed by atoms with Crippen molar-refractivity contribution in [3.63, 3.8) is 0 Å². The normalized spacial score (nSPS) is 14.7. The molecule has 2 rings (SSSR count). The molecule has 0 spiro atoms. The second kappa shape index (κ2) is 10.5. The van der Waals surface area contributed by atoms with Crippen molar-refractivity contribution < 1.29 is 33.4 Å². The Balaban J connectivity index is 1.75. The molecule has 0 radical (unpaired) electrons. The zero-order valence-electron chi connectivity index (χ0n) is 17.3. The number of rotatable bonds is 10. The molecule has 1 aromatic rings. The number of hydrogen-bond acceptors (Lipinski definition) is 7. The van der Waals surface area contributed by atoms with Crippen LogP contribution in [0.5, 0.6) is 0 Å². The molecule has 0 bridgehead atoms. The van der Waals surface area contributed by atoms with Crippen molar-refractivity contribution in [2.24, 2.45) is 5.92 Å². The van der Waals surface area contributed by atoms with Gasteiger partial charge in [-0.05, 0) is 24.5 Å². The van der Waals surface area contributed by atoms with Gasteiger partial charge in [-0.15, -0.1) is 0 Å². The number of esters is 2. The summed E-state index contributed by atoms with van der Waals surface area (Å²) in [6, 6.07) is 5.72. The number of benzene rings is 1. The molecule has 1 heterocycles. The third kappa shape index (κ3) is 5.43. The van der Waals surface area contributed by atoms with Crippen LogP contribution in [-0.4, -0.2) is 60.9 Å². The smallest absolute Gasteiger partial charge is 0.328 e. The summed E-state index contributed by atoms with van der Waals surface area (Å²) in [5.74, 6) is -2.73. The van der Waals surface area contributed by atoms with Crippen LogP contribution < -0.4 is 5.32 Å². The predicted octanol–water partition coefficient (Wildman–Crippen LogP) is 1.31. The Kier molecular flexibility index (Phi) is 8.08. The molecule has 9 heteroatoms. The molecule has 30 heavy (non-hydrogen) atoms. The lowest BCUT2D eigenvalue weighted by atomic mass is 9.99. The van der Waals surface area contributed by atoms with E-state index in [0.29, 0.717) is 17.5 Å². The van der Waals surface area contributed by atoms with Gasteiger partial charge in [0.2, 0.25) is 0 Å². The van der Waals surface area contributed by atoms with Crippen molar-refractivity contribution in [2.45, 2.75) is 39.2 Å². The number of carbonyl (C=O) groups excluding carboxylic acids is 5. The van der Waals surface area contributed by atoms with Gasteiger partial charge in [0.25, 0.3) is 17.7 Å². The zero-order chi connectivity index (χ0) is 22.3. The lowest BCUT2D eigenvalue weighted by Crippen LogP contribution is -2.47. The summed E-state index contributed by atoms with van der Waals surface area (Å²) in [6.45, 7) is 3.22. The number of methoxy groups -OCH3 is 1. The number of nitrogens with zero attached hydrogens (tertiary/aromatic N) is 1. The van der Waals surface area contributed by atoms with Crippen LogP contribution >= 0.6 is 0 Å². The molecule has 0 aromatic heterocycles. The summed E-state index contributed by atoms with van der Waals surface area (Å²) in [7, 11) is 1.23. The average molecular weight is 418 g/mol. The average Bonchev–Trinajstić information content (AvgIpc) is 3.00. The van der Waals surface area contributed by atoms with Crippen molar-refractivity contribution in [3.8, 4) is 0 Å². The molecule has 162 valence electrons. The van der Waals surface area contributed by atoms with Crippen LogP contribution in [0, 0.1) is 5.92 Å². The van der Waals surface area contributed by atoms with E-state index in [0.717, 1.165) is 4.90 Å². The van der Waals surface area contributed by atoms with E-state index in [-0.39, 0.29) is 37.1 Å². The Hall–Kier alpha value is -3.23. The molecule has 3 amide bonds. The maximum absolute atomic E-state index is 12.3. The van der Waals surface area contributed by atoms with E-state index in [2.05, 4.69) is 10.1 Å². The Morgan fingerprint density at radius 3 is 2.23 bits per heavy atom. The van der Waals surface area contributed by atoms with Gasteiger partial charge in [-0.1, -0.05) is 32.4 Å². The Bertz CT molecular complexity index is 801. The highest BCUT2D eigenvalue weighted by atomic mass is 16.5. The monoisotopic (exact) mass is 418 g/mol. The summed E-state index contributed by atoms with van der Waals surface area (Å²) >= 11 is 0. The second-order valence-corrected chi connectivity index (χ2v) is 7.03. The molecule has 0 unspecified atom stereocenters. The van der Waals surface area contributed by atoms with E-state index in [1.54, 1.807) is 31.2 Å². The molecule has 0 saturated heterocycles. The lowest BCUT2D eigenvalue weighted by molar-refractivity contribution is -0.151. The van der Waals surface area contributed by atoms with Crippen molar-refractivity contribution in [1.82, 2.24) is 10.2 Å². The summed E-state index contributed by atoms with van der Waals surface area (Å²) in [6.07, 6.45) is 0.799. The highest BCUT2D eigenvalue weighted by molar-refractivity contribution is 6.21. The zero-order valence-corrected chi connectivity index (χ0v) is 17.3. The van der Waals surface area contributed by atoms with Gasteiger partial charge in [0.05, 0.1) is 18.2 Å². The van der Waals surface area contributed by atoms with Gasteiger partial charge in [0, 0.05) is 13.0 Å². The van der Waals surface area contributed by atoms with Crippen molar-refractivity contribution in [3.05, 3.63) is 35.4 Å². The van der Waals surface area contributed by atoms with Crippen LogP contribution in [0.4, 0.5) is 0 Å². The van der Waals surface area contributed by atoms with Crippen molar-refractivity contribution in [2.75, 3.05) is 20.3 Å². The van der Waals surface area contributed by atoms with Crippen LogP contribution in [0.3, 0.4) is 0 Å². The molecule has 2 atom stereocenters. The first-order valence-electron chi connectivity index (χ1n) is 9.78. The molecular weight excluding hydrogens is 392 g/mol. The van der Waals surface area contributed by atoms with E-state index in [1.165, 1.54) is 7.11 Å². The summed E-state index contributed by atoms with van der Waals surface area (Å²) in [5.41, 5.74) is 0.700. The van der Waals surface area contributed by atoms with Gasteiger partial charge in [0.15, 0.2) is 6.61 Å². The molecule has 0 saturated carbocycles. The molecule has 1 aromatic carbocycles. The molecular formula is C21H26N2O7. The highest BCUT2D eigenvalue weighted by Crippen LogP contribution is 2.22. The maximum Gasteiger partial charge on any atom is 0.328 e. The first-order valence-corrected chi connectivity index (χ1v) is 9.78. The van der Waals surface area contributed by atoms with E-state index < -0.39 is 30.5 Å².